The van der Waals surface area contributed by atoms with Crippen LogP contribution in [-0.2, 0) is 26.6 Å². The number of aromatic nitrogens is 1. The number of hydrogen-bond acceptors (Lipinski definition) is 7. The van der Waals surface area contributed by atoms with Crippen LogP contribution in [0.3, 0.4) is 0 Å². The van der Waals surface area contributed by atoms with Gasteiger partial charge in [-0.3, -0.25) is 4.79 Å². The van der Waals surface area contributed by atoms with Crippen LogP contribution in [0.2, 0.25) is 0 Å². The number of likely N-dealkylation sites (N-methyl/N-ethyl adjacent to an activating group) is 1. The van der Waals surface area contributed by atoms with Gasteiger partial charge in [0, 0.05) is 59.7 Å². The number of fused-ring (bicyclic) bond motifs is 9. The molecular formula is C35H42N4O6S2. The van der Waals surface area contributed by atoms with Crippen molar-refractivity contribution in [3.05, 3.63) is 53.1 Å². The lowest BCUT2D eigenvalue weighted by atomic mass is 9.81. The SMILES string of the molecule is COc1ccc2c(c1)C1CC1(S(=O)(=O)N1C3CC1CN(C)C3)Cn1c-2c(C2CCCCC2)c2ccc(C(=O)NS(=O)(=O)C3CC3)cc21. The standard InChI is InChI=1S/C35H42N4O6S2/c1-37-18-23-15-24(19-37)39(23)47(43,44)35-17-30(35)29-16-25(45-2)9-13-27(29)33-32(21-6-4-3-5-7-21)28-12-8-22(14-31(28)38(33)20-35)34(40)36-46(41,42)26-10-11-26/h8-9,12-14,16,21,23-24,26,30H,3-7,10-11,15,17-20H2,1-2H3,(H,36,40). The summed E-state index contributed by atoms with van der Waals surface area (Å²) in [6, 6.07) is 11.6. The molecule has 3 saturated carbocycles. The minimum absolute atomic E-state index is 0.00482. The van der Waals surface area contributed by atoms with Crippen molar-refractivity contribution in [1.82, 2.24) is 18.5 Å². The number of piperazine rings is 1. The van der Waals surface area contributed by atoms with Gasteiger partial charge in [0.25, 0.3) is 5.91 Å². The number of amides is 1. The second-order valence-electron chi connectivity index (χ2n) is 15.0. The Balaban J connectivity index is 1.24. The van der Waals surface area contributed by atoms with Gasteiger partial charge in [-0.15, -0.1) is 0 Å². The van der Waals surface area contributed by atoms with Gasteiger partial charge in [0.05, 0.1) is 18.1 Å². The van der Waals surface area contributed by atoms with E-state index in [0.717, 1.165) is 72.9 Å². The van der Waals surface area contributed by atoms with Gasteiger partial charge in [-0.1, -0.05) is 25.3 Å². The molecule has 250 valence electrons. The first kappa shape index (κ1) is 30.2. The first-order valence-electron chi connectivity index (χ1n) is 17.1. The van der Waals surface area contributed by atoms with Crippen LogP contribution in [0.5, 0.6) is 5.75 Å². The molecule has 3 aromatic rings. The summed E-state index contributed by atoms with van der Waals surface area (Å²) in [6.07, 6.45) is 8.14. The summed E-state index contributed by atoms with van der Waals surface area (Å²) in [5.41, 5.74) is 5.37. The van der Waals surface area contributed by atoms with E-state index in [0.29, 0.717) is 30.9 Å². The molecule has 10 nitrogen and oxygen atoms in total. The van der Waals surface area contributed by atoms with E-state index in [4.69, 9.17) is 4.74 Å². The van der Waals surface area contributed by atoms with Crippen LogP contribution < -0.4 is 9.46 Å². The summed E-state index contributed by atoms with van der Waals surface area (Å²) in [7, 11) is -3.73. The van der Waals surface area contributed by atoms with Crippen LogP contribution in [-0.4, -0.2) is 85.8 Å². The van der Waals surface area contributed by atoms with Gasteiger partial charge in [-0.2, -0.15) is 4.31 Å². The minimum atomic E-state index is -3.72. The molecule has 5 fully saturated rings. The monoisotopic (exact) mass is 678 g/mol. The molecule has 0 radical (unpaired) electrons. The van der Waals surface area contributed by atoms with Gasteiger partial charge in [-0.25, -0.2) is 21.6 Å². The van der Waals surface area contributed by atoms with Crippen LogP contribution in [0, 0.1) is 0 Å². The topological polar surface area (TPSA) is 118 Å². The normalized spacial score (nSPS) is 29.3. The van der Waals surface area contributed by atoms with Crippen LogP contribution in [0.15, 0.2) is 36.4 Å². The molecule has 9 rings (SSSR count). The summed E-state index contributed by atoms with van der Waals surface area (Å²) in [5, 5.41) is 0.508. The van der Waals surface area contributed by atoms with Crippen LogP contribution in [0.25, 0.3) is 22.2 Å². The lowest BCUT2D eigenvalue weighted by Gasteiger charge is -2.55. The Morgan fingerprint density at radius 1 is 0.957 bits per heavy atom. The average Bonchev–Trinajstić information content (AvgIpc) is 3.97. The number of likely N-dealkylation sites (tertiary alicyclic amines) is 1. The number of sulfonamides is 2. The largest absolute Gasteiger partial charge is 0.497 e. The maximum atomic E-state index is 15.0. The summed E-state index contributed by atoms with van der Waals surface area (Å²) in [4.78, 5) is 15.6. The third-order valence-corrected chi connectivity index (χ3v) is 16.6. The van der Waals surface area contributed by atoms with Gasteiger partial charge in [0.15, 0.2) is 0 Å². The Kier molecular flexibility index (Phi) is 6.60. The number of carbonyl (C=O) groups is 1. The molecule has 6 aliphatic rings. The molecule has 4 atom stereocenters. The molecule has 1 amide bonds. The minimum Gasteiger partial charge on any atom is -0.497 e. The zero-order chi connectivity index (χ0) is 32.5. The molecule has 4 heterocycles. The van der Waals surface area contributed by atoms with Crippen LogP contribution >= 0.6 is 0 Å². The summed E-state index contributed by atoms with van der Waals surface area (Å²) in [5.74, 6) is 0.195. The van der Waals surface area contributed by atoms with Gasteiger partial charge >= 0.3 is 0 Å². The van der Waals surface area contributed by atoms with E-state index >= 15 is 0 Å². The Labute approximate surface area is 276 Å². The maximum Gasteiger partial charge on any atom is 0.264 e. The number of piperidine rings is 1. The Hall–Kier alpha value is -2.93. The van der Waals surface area contributed by atoms with Crippen molar-refractivity contribution in [3.8, 4) is 17.0 Å². The van der Waals surface area contributed by atoms with Crippen LogP contribution in [0.4, 0.5) is 0 Å². The second-order valence-corrected chi connectivity index (χ2v) is 19.1. The zero-order valence-corrected chi connectivity index (χ0v) is 28.6. The van der Waals surface area contributed by atoms with Gasteiger partial charge < -0.3 is 14.2 Å². The van der Waals surface area contributed by atoms with Crippen molar-refractivity contribution in [2.45, 2.75) is 98.2 Å². The lowest BCUT2D eigenvalue weighted by molar-refractivity contribution is 0.00432. The Morgan fingerprint density at radius 2 is 1.70 bits per heavy atom. The number of hydrogen-bond donors (Lipinski definition) is 1. The maximum absolute atomic E-state index is 15.0. The summed E-state index contributed by atoms with van der Waals surface area (Å²) in [6.45, 7) is 1.77. The summed E-state index contributed by atoms with van der Waals surface area (Å²) < 4.78 is 66.3. The number of nitrogens with one attached hydrogen (secondary N) is 1. The fourth-order valence-corrected chi connectivity index (χ4v) is 13.4. The molecule has 1 N–H and O–H groups in total. The fourth-order valence-electron chi connectivity index (χ4n) is 9.48. The van der Waals surface area contributed by atoms with Crippen molar-refractivity contribution >= 4 is 36.9 Å². The van der Waals surface area contributed by atoms with E-state index in [1.54, 1.807) is 19.2 Å². The van der Waals surface area contributed by atoms with Gasteiger partial charge in [0.1, 0.15) is 10.5 Å². The van der Waals surface area contributed by atoms with E-state index in [9.17, 15) is 21.6 Å². The van der Waals surface area contributed by atoms with E-state index in [2.05, 4.69) is 27.3 Å². The van der Waals surface area contributed by atoms with Crippen molar-refractivity contribution < 1.29 is 26.4 Å². The van der Waals surface area contributed by atoms with E-state index in [-0.39, 0.29) is 30.1 Å². The van der Waals surface area contributed by atoms with Gasteiger partial charge in [0.2, 0.25) is 20.0 Å². The number of carbonyl (C=O) groups excluding carboxylic acids is 1. The van der Waals surface area contributed by atoms with Crippen molar-refractivity contribution in [1.29, 1.82) is 0 Å². The van der Waals surface area contributed by atoms with Crippen molar-refractivity contribution in [2.24, 2.45) is 0 Å². The first-order valence-corrected chi connectivity index (χ1v) is 20.1. The smallest absolute Gasteiger partial charge is 0.264 e. The van der Waals surface area contributed by atoms with E-state index in [1.807, 2.05) is 22.5 Å². The third kappa shape index (κ3) is 4.43. The quantitative estimate of drug-likeness (QED) is 0.390. The van der Waals surface area contributed by atoms with Crippen molar-refractivity contribution in [2.75, 3.05) is 27.2 Å². The predicted octanol–water partition coefficient (Wildman–Crippen LogP) is 4.54. The molecule has 1 aromatic heterocycles. The highest BCUT2D eigenvalue weighted by molar-refractivity contribution is 7.91. The van der Waals surface area contributed by atoms with E-state index < -0.39 is 36.0 Å². The highest BCUT2D eigenvalue weighted by atomic mass is 32.2. The molecule has 2 aromatic carbocycles. The van der Waals surface area contributed by atoms with E-state index in [1.165, 1.54) is 12.0 Å². The number of ether oxygens (including phenoxy) is 1. The molecule has 2 bridgehead atoms. The third-order valence-electron chi connectivity index (χ3n) is 12.0. The molecule has 3 aliphatic heterocycles. The molecule has 3 aliphatic carbocycles. The number of rotatable bonds is 7. The molecule has 4 unspecified atom stereocenters. The average molecular weight is 679 g/mol. The number of nitrogens with zero attached hydrogens (tertiary/aromatic N) is 3. The molecule has 0 spiro atoms. The molecule has 12 heteroatoms. The van der Waals surface area contributed by atoms with Crippen LogP contribution in [0.1, 0.15) is 91.1 Å². The Bertz CT molecular complexity index is 2040. The molecular weight excluding hydrogens is 637 g/mol. The highest BCUT2D eigenvalue weighted by Crippen LogP contribution is 2.65. The summed E-state index contributed by atoms with van der Waals surface area (Å²) >= 11 is 0. The number of methoxy groups -OCH3 is 1. The second kappa shape index (κ2) is 10.3. The fraction of sp³-hybridized carbons (Fsp3) is 0.571. The van der Waals surface area contributed by atoms with Crippen molar-refractivity contribution in [3.63, 3.8) is 0 Å². The highest BCUT2D eigenvalue weighted by Gasteiger charge is 2.70. The first-order chi connectivity index (χ1) is 22.5. The van der Waals surface area contributed by atoms with Gasteiger partial charge in [-0.05, 0) is 92.9 Å². The zero-order valence-electron chi connectivity index (χ0n) is 26.9. The lowest BCUT2D eigenvalue weighted by Crippen LogP contribution is -2.71. The number of benzene rings is 2. The predicted molar refractivity (Wildman–Crippen MR) is 180 cm³/mol. The Morgan fingerprint density at radius 3 is 2.40 bits per heavy atom. The molecule has 47 heavy (non-hydrogen) atoms. The molecule has 2 saturated heterocycles.